The molecule has 2 N–H and O–H groups in total. The second-order valence-electron chi connectivity index (χ2n) is 11.1. The van der Waals surface area contributed by atoms with Crippen molar-refractivity contribution in [3.05, 3.63) is 99.9 Å². The van der Waals surface area contributed by atoms with Crippen molar-refractivity contribution < 1.29 is 42.6 Å². The van der Waals surface area contributed by atoms with E-state index in [0.29, 0.717) is 45.5 Å². The lowest BCUT2D eigenvalue weighted by Crippen LogP contribution is -2.38. The van der Waals surface area contributed by atoms with Gasteiger partial charge in [0.25, 0.3) is 11.8 Å². The Kier molecular flexibility index (Phi) is 8.67. The van der Waals surface area contributed by atoms with Crippen LogP contribution >= 0.6 is 0 Å². The fraction of sp³-hybridized carbons (Fsp3) is 0.171. The van der Waals surface area contributed by atoms with Crippen LogP contribution in [0, 0.1) is 0 Å². The third kappa shape index (κ3) is 6.23. The Morgan fingerprint density at radius 1 is 0.882 bits per heavy atom. The van der Waals surface area contributed by atoms with Crippen LogP contribution in [-0.2, 0) is 4.84 Å². The number of anilines is 3. The number of rotatable bonds is 12. The first kappa shape index (κ1) is 32.6. The molecule has 16 heteroatoms. The molecule has 0 spiro atoms. The number of methoxy groups -OCH3 is 4. The molecule has 0 aliphatic carbocycles. The summed E-state index contributed by atoms with van der Waals surface area (Å²) in [5.74, 6) is 1.18. The van der Waals surface area contributed by atoms with Crippen molar-refractivity contribution in [3.63, 3.8) is 0 Å². The number of carbonyl (C=O) groups excluding carboxylic acids is 2. The molecular formula is C35H29N7O9. The smallest absolute Gasteiger partial charge is 0.255 e. The van der Waals surface area contributed by atoms with E-state index in [1.165, 1.54) is 27.4 Å². The van der Waals surface area contributed by atoms with Crippen molar-refractivity contribution >= 4 is 28.9 Å². The molecule has 1 aromatic heterocycles. The highest BCUT2D eigenvalue weighted by Crippen LogP contribution is 2.50. The first-order valence-electron chi connectivity index (χ1n) is 15.3. The number of nitrogens with one attached hydrogen (secondary N) is 2. The maximum absolute atomic E-state index is 12.8. The van der Waals surface area contributed by atoms with Crippen LogP contribution in [0.2, 0.25) is 0 Å². The van der Waals surface area contributed by atoms with Gasteiger partial charge in [0.15, 0.2) is 28.8 Å². The van der Waals surface area contributed by atoms with Crippen LogP contribution < -0.4 is 39.4 Å². The van der Waals surface area contributed by atoms with Gasteiger partial charge in [0.05, 0.1) is 50.9 Å². The van der Waals surface area contributed by atoms with E-state index in [9.17, 15) is 9.59 Å². The highest BCUT2D eigenvalue weighted by atomic mass is 16.8. The number of nitrogens with zero attached hydrogens (tertiary/aromatic N) is 5. The second kappa shape index (κ2) is 13.5. The molecule has 5 aromatic rings. The number of hydrogen-bond acceptors (Lipinski definition) is 12. The third-order valence-electron chi connectivity index (χ3n) is 8.26. The van der Waals surface area contributed by atoms with Gasteiger partial charge in [-0.3, -0.25) is 9.59 Å². The van der Waals surface area contributed by atoms with Crippen molar-refractivity contribution in [1.29, 1.82) is 0 Å². The Morgan fingerprint density at radius 3 is 2.49 bits per heavy atom. The zero-order chi connectivity index (χ0) is 35.6. The summed E-state index contributed by atoms with van der Waals surface area (Å²) in [6.07, 6.45) is -0.482. The third-order valence-corrected chi connectivity index (χ3v) is 8.26. The largest absolute Gasteiger partial charge is 0.497 e. The highest BCUT2D eigenvalue weighted by Gasteiger charge is 2.32. The predicted octanol–water partition coefficient (Wildman–Crippen LogP) is 6.77. The number of azide groups is 1. The van der Waals surface area contributed by atoms with Crippen LogP contribution in [0.3, 0.4) is 0 Å². The van der Waals surface area contributed by atoms with Gasteiger partial charge >= 0.3 is 0 Å². The van der Waals surface area contributed by atoms with Gasteiger partial charge in [-0.2, -0.15) is 0 Å². The number of amides is 2. The van der Waals surface area contributed by atoms with Crippen molar-refractivity contribution in [2.75, 3.05) is 45.6 Å². The standard InChI is InChI=1S/C35H29N7O9/c1-45-21-7-8-24-22(15-21)34(43)38-33(37-24)19-6-10-28(30(13-19)46-2)49-17-50-42-26-9-5-18(12-27(26)42)25-16-29(51-40-25)20-11-23(35(44)39-41-36)32(48-4)31(14-20)47-3/h5-16,33,37H,17H2,1-4H3,(H,38,43). The summed E-state index contributed by atoms with van der Waals surface area (Å²) in [5.41, 5.74) is 14.1. The molecule has 0 saturated heterocycles. The average Bonchev–Trinajstić information content (AvgIpc) is 3.60. The Bertz CT molecular complexity index is 2230. The molecule has 2 aliphatic heterocycles. The summed E-state index contributed by atoms with van der Waals surface area (Å²) in [6.45, 7) is -0.113. The summed E-state index contributed by atoms with van der Waals surface area (Å²) >= 11 is 0. The Balaban J connectivity index is 0.998. The zero-order valence-corrected chi connectivity index (χ0v) is 27.6. The van der Waals surface area contributed by atoms with E-state index in [2.05, 4.69) is 25.8 Å². The van der Waals surface area contributed by atoms with Gasteiger partial charge in [-0.1, -0.05) is 17.3 Å². The van der Waals surface area contributed by atoms with E-state index < -0.39 is 12.1 Å². The lowest BCUT2D eigenvalue weighted by molar-refractivity contribution is 0.0240. The van der Waals surface area contributed by atoms with Gasteiger partial charge in [-0.25, -0.2) is 9.90 Å². The molecule has 2 aliphatic rings. The summed E-state index contributed by atoms with van der Waals surface area (Å²) in [7, 11) is 5.89. The monoisotopic (exact) mass is 691 g/mol. The molecule has 51 heavy (non-hydrogen) atoms. The average molecular weight is 692 g/mol. The Hall–Kier alpha value is -6.90. The van der Waals surface area contributed by atoms with Gasteiger partial charge in [0.2, 0.25) is 6.79 Å². The molecule has 1 unspecified atom stereocenters. The van der Waals surface area contributed by atoms with Crippen LogP contribution in [-0.4, -0.2) is 52.2 Å². The van der Waals surface area contributed by atoms with Gasteiger partial charge < -0.3 is 38.8 Å². The molecular weight excluding hydrogens is 662 g/mol. The number of benzene rings is 4. The first-order chi connectivity index (χ1) is 24.8. The number of hydrogen-bond donors (Lipinski definition) is 2. The number of aromatic nitrogens is 1. The normalized spacial score (nSPS) is 13.8. The molecule has 2 amide bonds. The SMILES string of the molecule is COc1ccc2c(c1)C(=O)NC(c1ccc(OCON3c4ccc(-c5cc(-c6cc(OC)c(OC)c(C(=O)N=[N+]=[N-])c6)on5)cc43)c(OC)c1)N2. The van der Waals surface area contributed by atoms with Crippen molar-refractivity contribution in [2.45, 2.75) is 6.17 Å². The van der Waals surface area contributed by atoms with E-state index in [1.54, 1.807) is 54.6 Å². The van der Waals surface area contributed by atoms with Crippen LogP contribution in [0.15, 0.2) is 82.4 Å². The maximum Gasteiger partial charge on any atom is 0.255 e. The maximum atomic E-state index is 12.8. The molecule has 0 saturated carbocycles. The van der Waals surface area contributed by atoms with Crippen molar-refractivity contribution in [1.82, 2.24) is 10.5 Å². The minimum Gasteiger partial charge on any atom is -0.497 e. The summed E-state index contributed by atoms with van der Waals surface area (Å²) in [5, 5.41) is 15.3. The van der Waals surface area contributed by atoms with E-state index >= 15 is 0 Å². The first-order valence-corrected chi connectivity index (χ1v) is 15.3. The van der Waals surface area contributed by atoms with E-state index in [4.69, 9.17) is 38.6 Å². The van der Waals surface area contributed by atoms with Crippen LogP contribution in [0.25, 0.3) is 33.0 Å². The van der Waals surface area contributed by atoms with Crippen LogP contribution in [0.4, 0.5) is 17.1 Å². The molecule has 3 heterocycles. The Labute approximate surface area is 289 Å². The van der Waals surface area contributed by atoms with Crippen LogP contribution in [0.1, 0.15) is 32.4 Å². The summed E-state index contributed by atoms with van der Waals surface area (Å²) in [6, 6.07) is 21.1. The lowest BCUT2D eigenvalue weighted by atomic mass is 10.0. The summed E-state index contributed by atoms with van der Waals surface area (Å²) < 4.78 is 33.0. The summed E-state index contributed by atoms with van der Waals surface area (Å²) in [4.78, 5) is 33.7. The Morgan fingerprint density at radius 2 is 1.73 bits per heavy atom. The molecule has 0 fully saturated rings. The van der Waals surface area contributed by atoms with Gasteiger partial charge in [0.1, 0.15) is 17.6 Å². The quantitative estimate of drug-likeness (QED) is 0.0460. The van der Waals surface area contributed by atoms with Crippen molar-refractivity contribution in [2.24, 2.45) is 5.11 Å². The fourth-order valence-corrected chi connectivity index (χ4v) is 5.69. The predicted molar refractivity (Wildman–Crippen MR) is 182 cm³/mol. The van der Waals surface area contributed by atoms with Crippen LogP contribution in [0.5, 0.6) is 28.7 Å². The van der Waals surface area contributed by atoms with Gasteiger partial charge in [0, 0.05) is 27.8 Å². The molecule has 1 atom stereocenters. The molecule has 0 bridgehead atoms. The highest BCUT2D eigenvalue weighted by molar-refractivity contribution is 6.02. The topological polar surface area (TPSA) is 191 Å². The minimum absolute atomic E-state index is 0.0123. The van der Waals surface area contributed by atoms with Gasteiger partial charge in [-0.15, -0.1) is 0 Å². The van der Waals surface area contributed by atoms with Crippen molar-refractivity contribution in [3.8, 4) is 51.3 Å². The molecule has 258 valence electrons. The number of fused-ring (bicyclic) bond motifs is 2. The molecule has 4 aromatic carbocycles. The molecule has 7 rings (SSSR count). The van der Waals surface area contributed by atoms with E-state index in [-0.39, 0.29) is 29.8 Å². The molecule has 0 radical (unpaired) electrons. The van der Waals surface area contributed by atoms with E-state index in [1.807, 2.05) is 24.3 Å². The minimum atomic E-state index is -0.833. The lowest BCUT2D eigenvalue weighted by Gasteiger charge is -2.28. The van der Waals surface area contributed by atoms with E-state index in [0.717, 1.165) is 22.5 Å². The number of carbonyl (C=O) groups is 2. The number of ether oxygens (including phenoxy) is 5. The van der Waals surface area contributed by atoms with Gasteiger partial charge in [-0.05, 0) is 70.8 Å². The fourth-order valence-electron chi connectivity index (χ4n) is 5.69. The second-order valence-corrected chi connectivity index (χ2v) is 11.1. The molecule has 16 nitrogen and oxygen atoms in total. The zero-order valence-electron chi connectivity index (χ0n) is 27.6.